The van der Waals surface area contributed by atoms with Gasteiger partial charge in [-0.1, -0.05) is 0 Å². The van der Waals surface area contributed by atoms with Gasteiger partial charge in [0, 0.05) is 0 Å². The Morgan fingerprint density at radius 1 is 1.78 bits per heavy atom. The van der Waals surface area contributed by atoms with Gasteiger partial charge in [-0.15, -0.1) is 0 Å². The van der Waals surface area contributed by atoms with Crippen molar-refractivity contribution in [2.75, 3.05) is 6.67 Å². The zero-order chi connectivity index (χ0) is 7.11. The Balaban J connectivity index is 3.14. The summed E-state index contributed by atoms with van der Waals surface area (Å²) in [6.45, 7) is -0.501. The van der Waals surface area contributed by atoms with E-state index in [-0.39, 0.29) is 6.42 Å². The van der Waals surface area contributed by atoms with E-state index in [0.717, 1.165) is 6.26 Å². The van der Waals surface area contributed by atoms with Crippen molar-refractivity contribution in [3.05, 3.63) is 12.3 Å². The van der Waals surface area contributed by atoms with E-state index in [1.165, 1.54) is 6.08 Å². The fourth-order valence-electron chi connectivity index (χ4n) is 0.237. The standard InChI is InChI=1S/C5H7FO3/c6-3-1-2-4-9-5(7)8/h2,4H,1,3H2,(H,7,8). The van der Waals surface area contributed by atoms with E-state index in [4.69, 9.17) is 5.11 Å². The van der Waals surface area contributed by atoms with Gasteiger partial charge in [-0.3, -0.25) is 4.39 Å². The highest BCUT2D eigenvalue weighted by Gasteiger charge is 1.87. The molecule has 0 aromatic heterocycles. The maximum atomic E-state index is 11.3. The minimum Gasteiger partial charge on any atom is -0.449 e. The molecule has 0 spiro atoms. The Morgan fingerprint density at radius 3 is 2.89 bits per heavy atom. The summed E-state index contributed by atoms with van der Waals surface area (Å²) < 4.78 is 15.2. The minimum absolute atomic E-state index is 0.188. The first-order valence-corrected chi connectivity index (χ1v) is 2.38. The van der Waals surface area contributed by atoms with Crippen molar-refractivity contribution in [2.45, 2.75) is 6.42 Å². The van der Waals surface area contributed by atoms with Gasteiger partial charge < -0.3 is 9.84 Å². The molecule has 0 bridgehead atoms. The van der Waals surface area contributed by atoms with E-state index in [0.29, 0.717) is 0 Å². The predicted molar refractivity (Wildman–Crippen MR) is 28.8 cm³/mol. The molecule has 0 saturated heterocycles. The van der Waals surface area contributed by atoms with Gasteiger partial charge in [-0.2, -0.15) is 0 Å². The average molecular weight is 134 g/mol. The molecular weight excluding hydrogens is 127 g/mol. The maximum Gasteiger partial charge on any atom is 0.510 e. The van der Waals surface area contributed by atoms with Gasteiger partial charge in [0.25, 0.3) is 0 Å². The lowest BCUT2D eigenvalue weighted by atomic mass is 10.5. The fraction of sp³-hybridized carbons (Fsp3) is 0.400. The predicted octanol–water partition coefficient (Wildman–Crippen LogP) is 1.55. The summed E-state index contributed by atoms with van der Waals surface area (Å²) in [6.07, 6.45) is 1.05. The molecular formula is C5H7FO3. The van der Waals surface area contributed by atoms with Gasteiger partial charge in [0.15, 0.2) is 0 Å². The van der Waals surface area contributed by atoms with Crippen LogP contribution in [0.1, 0.15) is 6.42 Å². The summed E-state index contributed by atoms with van der Waals surface area (Å²) in [5, 5.41) is 7.85. The Labute approximate surface area is 51.7 Å². The lowest BCUT2D eigenvalue weighted by Crippen LogP contribution is -1.91. The normalized spacial score (nSPS) is 9.89. The van der Waals surface area contributed by atoms with E-state index in [9.17, 15) is 9.18 Å². The Kier molecular flexibility index (Phi) is 4.49. The van der Waals surface area contributed by atoms with Crippen LogP contribution < -0.4 is 0 Å². The van der Waals surface area contributed by atoms with Crippen LogP contribution in [0.4, 0.5) is 9.18 Å². The van der Waals surface area contributed by atoms with Gasteiger partial charge in [-0.25, -0.2) is 4.79 Å². The van der Waals surface area contributed by atoms with Gasteiger partial charge in [0.05, 0.1) is 12.9 Å². The zero-order valence-electron chi connectivity index (χ0n) is 4.71. The molecule has 0 radical (unpaired) electrons. The van der Waals surface area contributed by atoms with Crippen molar-refractivity contribution < 1.29 is 19.0 Å². The molecule has 0 aliphatic heterocycles. The molecule has 0 fully saturated rings. The van der Waals surface area contributed by atoms with Gasteiger partial charge in [-0.05, 0) is 12.5 Å². The smallest absolute Gasteiger partial charge is 0.449 e. The van der Waals surface area contributed by atoms with Crippen LogP contribution in [0.25, 0.3) is 0 Å². The van der Waals surface area contributed by atoms with Crippen molar-refractivity contribution in [3.8, 4) is 0 Å². The third-order valence-electron chi connectivity index (χ3n) is 0.541. The largest absolute Gasteiger partial charge is 0.510 e. The van der Waals surface area contributed by atoms with E-state index < -0.39 is 12.8 Å². The molecule has 4 heteroatoms. The highest BCUT2D eigenvalue weighted by Crippen LogP contribution is 1.84. The van der Waals surface area contributed by atoms with Crippen molar-refractivity contribution in [1.82, 2.24) is 0 Å². The number of carboxylic acid groups (broad SMARTS) is 1. The molecule has 0 aliphatic carbocycles. The summed E-state index contributed by atoms with van der Waals surface area (Å²) >= 11 is 0. The topological polar surface area (TPSA) is 46.5 Å². The van der Waals surface area contributed by atoms with Crippen LogP contribution in [0, 0.1) is 0 Å². The molecule has 3 nitrogen and oxygen atoms in total. The van der Waals surface area contributed by atoms with E-state index in [1.54, 1.807) is 0 Å². The molecule has 0 atom stereocenters. The minimum atomic E-state index is -1.38. The van der Waals surface area contributed by atoms with Crippen LogP contribution >= 0.6 is 0 Å². The number of carbonyl (C=O) groups is 1. The fourth-order valence-corrected chi connectivity index (χ4v) is 0.237. The van der Waals surface area contributed by atoms with Gasteiger partial charge in [0.2, 0.25) is 0 Å². The average Bonchev–Trinajstić information content (AvgIpc) is 1.80. The first-order chi connectivity index (χ1) is 4.27. The molecule has 0 rings (SSSR count). The lowest BCUT2D eigenvalue weighted by Gasteiger charge is -1.86. The third-order valence-corrected chi connectivity index (χ3v) is 0.541. The number of hydrogen-bond acceptors (Lipinski definition) is 2. The quantitative estimate of drug-likeness (QED) is 0.470. The zero-order valence-corrected chi connectivity index (χ0v) is 4.71. The van der Waals surface area contributed by atoms with Crippen LogP contribution in [-0.2, 0) is 4.74 Å². The number of rotatable bonds is 3. The molecule has 0 saturated carbocycles. The Hall–Kier alpha value is -1.06. The van der Waals surface area contributed by atoms with E-state index in [2.05, 4.69) is 4.74 Å². The number of alkyl halides is 1. The number of halogens is 1. The second kappa shape index (κ2) is 5.08. The summed E-state index contributed by atoms with van der Waals surface area (Å²) in [4.78, 5) is 9.60. The first-order valence-electron chi connectivity index (χ1n) is 2.38. The molecule has 0 aliphatic rings. The first kappa shape index (κ1) is 7.94. The van der Waals surface area contributed by atoms with Crippen molar-refractivity contribution in [1.29, 1.82) is 0 Å². The summed E-state index contributed by atoms with van der Waals surface area (Å²) in [5.74, 6) is 0. The molecule has 52 valence electrons. The highest BCUT2D eigenvalue weighted by atomic mass is 19.1. The van der Waals surface area contributed by atoms with E-state index in [1.807, 2.05) is 0 Å². The molecule has 9 heavy (non-hydrogen) atoms. The molecule has 0 amide bonds. The van der Waals surface area contributed by atoms with Crippen LogP contribution in [0.15, 0.2) is 12.3 Å². The molecule has 0 aromatic carbocycles. The van der Waals surface area contributed by atoms with Crippen LogP contribution in [0.2, 0.25) is 0 Å². The Bertz CT molecular complexity index is 111. The Morgan fingerprint density at radius 2 is 2.44 bits per heavy atom. The SMILES string of the molecule is O=C(O)OC=CCCF. The molecule has 0 unspecified atom stereocenters. The highest BCUT2D eigenvalue weighted by molar-refractivity contribution is 5.57. The molecule has 1 N–H and O–H groups in total. The maximum absolute atomic E-state index is 11.3. The second-order valence-corrected chi connectivity index (χ2v) is 1.23. The molecule has 0 aromatic rings. The number of ether oxygens (including phenoxy) is 1. The monoisotopic (exact) mass is 134 g/mol. The summed E-state index contributed by atoms with van der Waals surface area (Å²) in [7, 11) is 0. The number of hydrogen-bond donors (Lipinski definition) is 1. The van der Waals surface area contributed by atoms with Gasteiger partial charge >= 0.3 is 6.16 Å². The van der Waals surface area contributed by atoms with Crippen LogP contribution in [0.5, 0.6) is 0 Å². The van der Waals surface area contributed by atoms with Crippen molar-refractivity contribution >= 4 is 6.16 Å². The molecule has 0 heterocycles. The van der Waals surface area contributed by atoms with Crippen molar-refractivity contribution in [3.63, 3.8) is 0 Å². The third kappa shape index (κ3) is 6.94. The van der Waals surface area contributed by atoms with Gasteiger partial charge in [0.1, 0.15) is 0 Å². The second-order valence-electron chi connectivity index (χ2n) is 1.23. The van der Waals surface area contributed by atoms with Crippen LogP contribution in [0.3, 0.4) is 0 Å². The van der Waals surface area contributed by atoms with Crippen LogP contribution in [-0.4, -0.2) is 17.9 Å². The summed E-state index contributed by atoms with van der Waals surface area (Å²) in [5.41, 5.74) is 0. The van der Waals surface area contributed by atoms with Crippen molar-refractivity contribution in [2.24, 2.45) is 0 Å². The lowest BCUT2D eigenvalue weighted by molar-refractivity contribution is 0.128. The van der Waals surface area contributed by atoms with E-state index >= 15 is 0 Å². The number of allylic oxidation sites excluding steroid dienone is 1. The summed E-state index contributed by atoms with van der Waals surface area (Å²) in [6, 6.07) is 0.